The van der Waals surface area contributed by atoms with Crippen LogP contribution in [-0.4, -0.2) is 25.5 Å². The smallest absolute Gasteiger partial charge is 0.231 e. The molecule has 3 N–H and O–H groups in total. The van der Waals surface area contributed by atoms with E-state index >= 15 is 0 Å². The van der Waals surface area contributed by atoms with Gasteiger partial charge in [-0.25, -0.2) is 0 Å². The van der Waals surface area contributed by atoms with Crippen LogP contribution < -0.4 is 16.0 Å². The van der Waals surface area contributed by atoms with E-state index in [2.05, 4.69) is 21.2 Å². The van der Waals surface area contributed by atoms with E-state index in [0.717, 1.165) is 15.8 Å². The number of halogens is 1. The number of carbonyl (C=O) groups is 1. The van der Waals surface area contributed by atoms with Gasteiger partial charge in [0.1, 0.15) is 0 Å². The lowest BCUT2D eigenvalue weighted by molar-refractivity contribution is -0.126. The van der Waals surface area contributed by atoms with Gasteiger partial charge >= 0.3 is 0 Å². The molecule has 0 unspecified atom stereocenters. The summed E-state index contributed by atoms with van der Waals surface area (Å²) in [6.07, 6.45) is 0. The highest BCUT2D eigenvalue weighted by atomic mass is 79.9. The Balaban J connectivity index is 3.11. The van der Waals surface area contributed by atoms with Gasteiger partial charge in [0.05, 0.1) is 16.8 Å². The van der Waals surface area contributed by atoms with Gasteiger partial charge in [-0.2, -0.15) is 0 Å². The van der Waals surface area contributed by atoms with Crippen LogP contribution in [0.5, 0.6) is 0 Å². The van der Waals surface area contributed by atoms with Gasteiger partial charge in [-0.3, -0.25) is 4.79 Å². The largest absolute Gasteiger partial charge is 0.376 e. The summed E-state index contributed by atoms with van der Waals surface area (Å²) in [6.45, 7) is 7.44. The van der Waals surface area contributed by atoms with Crippen molar-refractivity contribution in [1.29, 1.82) is 0 Å². The first kappa shape index (κ1) is 17.0. The van der Waals surface area contributed by atoms with Crippen LogP contribution in [0.2, 0.25) is 0 Å². The summed E-state index contributed by atoms with van der Waals surface area (Å²) < 4.78 is 0.920. The molecule has 0 aliphatic carbocycles. The van der Waals surface area contributed by atoms with Crippen LogP contribution in [0.4, 0.5) is 11.4 Å². The van der Waals surface area contributed by atoms with E-state index in [1.54, 1.807) is 0 Å². The Labute approximate surface area is 129 Å². The molecule has 1 amide bonds. The van der Waals surface area contributed by atoms with Crippen molar-refractivity contribution < 1.29 is 4.79 Å². The summed E-state index contributed by atoms with van der Waals surface area (Å²) in [5.41, 5.74) is 6.54. The van der Waals surface area contributed by atoms with Crippen molar-refractivity contribution in [2.75, 3.05) is 24.3 Å². The van der Waals surface area contributed by atoms with Gasteiger partial charge in [0.25, 0.3) is 0 Å². The lowest BCUT2D eigenvalue weighted by Gasteiger charge is -2.37. The zero-order valence-corrected chi connectivity index (χ0v) is 14.6. The number of rotatable bonds is 4. The summed E-state index contributed by atoms with van der Waals surface area (Å²) in [6, 6.07) is 5.80. The van der Waals surface area contributed by atoms with Crippen molar-refractivity contribution in [3.05, 3.63) is 22.7 Å². The Morgan fingerprint density at radius 3 is 2.25 bits per heavy atom. The van der Waals surface area contributed by atoms with Crippen LogP contribution in [0.3, 0.4) is 0 Å². The maximum absolute atomic E-state index is 12.5. The second-order valence-corrected chi connectivity index (χ2v) is 7.27. The first-order valence-corrected chi connectivity index (χ1v) is 7.33. The molecule has 112 valence electrons. The minimum atomic E-state index is -0.682. The van der Waals surface area contributed by atoms with Gasteiger partial charge in [-0.15, -0.1) is 0 Å². The van der Waals surface area contributed by atoms with Crippen LogP contribution in [0, 0.1) is 5.41 Å². The average molecular weight is 342 g/mol. The standard InChI is InChI=1S/C15H24BrN3O/c1-14(2,15(3,4)17)13(20)18-11-9-10(16)7-8-12(11)19(5)6/h7-9H,17H2,1-6H3,(H,18,20). The first-order chi connectivity index (χ1) is 8.96. The molecule has 0 saturated carbocycles. The molecule has 0 bridgehead atoms. The number of amides is 1. The third kappa shape index (κ3) is 3.52. The summed E-state index contributed by atoms with van der Waals surface area (Å²) in [5.74, 6) is -0.0915. The van der Waals surface area contributed by atoms with E-state index in [0.29, 0.717) is 0 Å². The molecule has 0 atom stereocenters. The molecule has 0 radical (unpaired) electrons. The van der Waals surface area contributed by atoms with Gasteiger partial charge in [-0.05, 0) is 45.9 Å². The Morgan fingerprint density at radius 1 is 1.25 bits per heavy atom. The molecule has 1 rings (SSSR count). The number of benzene rings is 1. The monoisotopic (exact) mass is 341 g/mol. The molecule has 5 heteroatoms. The zero-order valence-electron chi connectivity index (χ0n) is 13.0. The fourth-order valence-electron chi connectivity index (χ4n) is 1.57. The van der Waals surface area contributed by atoms with Gasteiger partial charge < -0.3 is 16.0 Å². The van der Waals surface area contributed by atoms with E-state index in [1.807, 2.05) is 64.9 Å². The SMILES string of the molecule is CN(C)c1ccc(Br)cc1NC(=O)C(C)(C)C(C)(C)N. The van der Waals surface area contributed by atoms with Gasteiger partial charge in [0.2, 0.25) is 5.91 Å². The minimum absolute atomic E-state index is 0.0915. The van der Waals surface area contributed by atoms with Gasteiger partial charge in [0, 0.05) is 24.1 Å². The molecule has 0 saturated heterocycles. The molecule has 0 aromatic heterocycles. The van der Waals surface area contributed by atoms with Crippen molar-refractivity contribution >= 4 is 33.2 Å². The highest BCUT2D eigenvalue weighted by molar-refractivity contribution is 9.10. The number of hydrogen-bond acceptors (Lipinski definition) is 3. The lowest BCUT2D eigenvalue weighted by atomic mass is 9.74. The maximum atomic E-state index is 12.5. The number of nitrogens with two attached hydrogens (primary N) is 1. The Bertz CT molecular complexity index is 504. The van der Waals surface area contributed by atoms with Crippen LogP contribution in [0.1, 0.15) is 27.7 Å². The summed E-state index contributed by atoms with van der Waals surface area (Å²) in [7, 11) is 3.88. The topological polar surface area (TPSA) is 58.4 Å². The fraction of sp³-hybridized carbons (Fsp3) is 0.533. The third-order valence-corrected chi connectivity index (χ3v) is 4.36. The quantitative estimate of drug-likeness (QED) is 0.883. The van der Waals surface area contributed by atoms with Crippen molar-refractivity contribution in [2.24, 2.45) is 11.1 Å². The summed E-state index contributed by atoms with van der Waals surface area (Å²) in [5, 5.41) is 2.99. The number of anilines is 2. The molecule has 0 heterocycles. The Morgan fingerprint density at radius 2 is 1.80 bits per heavy atom. The van der Waals surface area contributed by atoms with Crippen molar-refractivity contribution in [2.45, 2.75) is 33.2 Å². The lowest BCUT2D eigenvalue weighted by Crippen LogP contribution is -2.53. The Kier molecular flexibility index (Phi) is 4.87. The molecule has 0 spiro atoms. The molecule has 0 aliphatic rings. The average Bonchev–Trinajstić information content (AvgIpc) is 2.26. The maximum Gasteiger partial charge on any atom is 0.231 e. The van der Waals surface area contributed by atoms with Crippen LogP contribution in [0.25, 0.3) is 0 Å². The molecule has 0 fully saturated rings. The van der Waals surface area contributed by atoms with Crippen molar-refractivity contribution in [3.63, 3.8) is 0 Å². The molecule has 4 nitrogen and oxygen atoms in total. The van der Waals surface area contributed by atoms with E-state index in [-0.39, 0.29) is 5.91 Å². The number of nitrogens with zero attached hydrogens (tertiary/aromatic N) is 1. The predicted octanol–water partition coefficient (Wildman–Crippen LogP) is 3.22. The second kappa shape index (κ2) is 5.74. The van der Waals surface area contributed by atoms with E-state index in [9.17, 15) is 4.79 Å². The second-order valence-electron chi connectivity index (χ2n) is 6.36. The Hall–Kier alpha value is -1.07. The van der Waals surface area contributed by atoms with Crippen LogP contribution in [-0.2, 0) is 4.79 Å². The van der Waals surface area contributed by atoms with Crippen molar-refractivity contribution in [3.8, 4) is 0 Å². The number of nitrogens with one attached hydrogen (secondary N) is 1. The molecule has 1 aromatic carbocycles. The normalized spacial score (nSPS) is 12.2. The predicted molar refractivity (Wildman–Crippen MR) is 89.1 cm³/mol. The molecule has 1 aromatic rings. The number of hydrogen-bond donors (Lipinski definition) is 2. The van der Waals surface area contributed by atoms with Crippen molar-refractivity contribution in [1.82, 2.24) is 0 Å². The summed E-state index contributed by atoms with van der Waals surface area (Å²) >= 11 is 3.43. The van der Waals surface area contributed by atoms with E-state index in [1.165, 1.54) is 0 Å². The third-order valence-electron chi connectivity index (χ3n) is 3.87. The van der Waals surface area contributed by atoms with E-state index in [4.69, 9.17) is 5.73 Å². The summed E-state index contributed by atoms with van der Waals surface area (Å²) in [4.78, 5) is 14.5. The van der Waals surface area contributed by atoms with Crippen LogP contribution in [0.15, 0.2) is 22.7 Å². The van der Waals surface area contributed by atoms with Gasteiger partial charge in [0.15, 0.2) is 0 Å². The highest BCUT2D eigenvalue weighted by Gasteiger charge is 2.40. The first-order valence-electron chi connectivity index (χ1n) is 6.54. The van der Waals surface area contributed by atoms with Crippen LogP contribution >= 0.6 is 15.9 Å². The van der Waals surface area contributed by atoms with E-state index < -0.39 is 11.0 Å². The molecule has 20 heavy (non-hydrogen) atoms. The zero-order chi connectivity index (χ0) is 15.7. The molecular formula is C15H24BrN3O. The number of carbonyl (C=O) groups excluding carboxylic acids is 1. The van der Waals surface area contributed by atoms with Gasteiger partial charge in [-0.1, -0.05) is 15.9 Å². The minimum Gasteiger partial charge on any atom is -0.376 e. The molecule has 0 aliphatic heterocycles. The highest BCUT2D eigenvalue weighted by Crippen LogP contribution is 2.33. The molecular weight excluding hydrogens is 318 g/mol. The fourth-order valence-corrected chi connectivity index (χ4v) is 1.93.